The molecular formula is C22H26O5. The van der Waals surface area contributed by atoms with Gasteiger partial charge in [0.2, 0.25) is 0 Å². The van der Waals surface area contributed by atoms with Crippen LogP contribution in [-0.2, 0) is 4.79 Å². The number of unbranched alkanes of at least 4 members (excludes halogenated alkanes) is 2. The van der Waals surface area contributed by atoms with Gasteiger partial charge in [-0.15, -0.1) is 0 Å². The van der Waals surface area contributed by atoms with E-state index in [4.69, 9.17) is 14.2 Å². The molecule has 5 nitrogen and oxygen atoms in total. The molecule has 0 aliphatic heterocycles. The predicted octanol–water partition coefficient (Wildman–Crippen LogP) is 4.83. The Balaban J connectivity index is 1.80. The van der Waals surface area contributed by atoms with Gasteiger partial charge in [0.25, 0.3) is 0 Å². The molecule has 0 saturated carbocycles. The Morgan fingerprint density at radius 3 is 2.22 bits per heavy atom. The Hall–Kier alpha value is -2.82. The van der Waals surface area contributed by atoms with Crippen molar-refractivity contribution in [1.29, 1.82) is 0 Å². The fraction of sp³-hybridized carbons (Fsp3) is 0.364. The van der Waals surface area contributed by atoms with Gasteiger partial charge in [0.15, 0.2) is 12.4 Å². The number of rotatable bonds is 11. The monoisotopic (exact) mass is 370 g/mol. The van der Waals surface area contributed by atoms with E-state index >= 15 is 0 Å². The lowest BCUT2D eigenvalue weighted by molar-refractivity contribution is -0.136. The van der Waals surface area contributed by atoms with Crippen LogP contribution in [0.3, 0.4) is 0 Å². The van der Waals surface area contributed by atoms with Crippen molar-refractivity contribution >= 4 is 11.8 Å². The molecule has 0 bridgehead atoms. The number of hydrogen-bond acceptors (Lipinski definition) is 5. The normalized spacial score (nSPS) is 10.3. The molecular weight excluding hydrogens is 344 g/mol. The summed E-state index contributed by atoms with van der Waals surface area (Å²) >= 11 is 0. The average Bonchev–Trinajstić information content (AvgIpc) is 2.70. The topological polar surface area (TPSA) is 61.8 Å². The fourth-order valence-corrected chi connectivity index (χ4v) is 2.41. The molecule has 0 fully saturated rings. The summed E-state index contributed by atoms with van der Waals surface area (Å²) in [7, 11) is 0. The Bertz CT molecular complexity index is 737. The Morgan fingerprint density at radius 1 is 0.852 bits per heavy atom. The van der Waals surface area contributed by atoms with Gasteiger partial charge in [-0.25, -0.2) is 4.79 Å². The van der Waals surface area contributed by atoms with Crippen LogP contribution in [0.15, 0.2) is 48.5 Å². The lowest BCUT2D eigenvalue weighted by Gasteiger charge is -2.09. The van der Waals surface area contributed by atoms with Crippen molar-refractivity contribution in [1.82, 2.24) is 0 Å². The van der Waals surface area contributed by atoms with Crippen molar-refractivity contribution in [3.63, 3.8) is 0 Å². The third-order valence-electron chi connectivity index (χ3n) is 3.91. The average molecular weight is 370 g/mol. The van der Waals surface area contributed by atoms with Crippen molar-refractivity contribution in [3.05, 3.63) is 54.1 Å². The summed E-state index contributed by atoms with van der Waals surface area (Å²) in [6.07, 6.45) is 3.73. The maximum atomic E-state index is 11.9. The number of benzene rings is 2. The largest absolute Gasteiger partial charge is 0.493 e. The van der Waals surface area contributed by atoms with Crippen LogP contribution in [0, 0.1) is 0 Å². The molecule has 0 heterocycles. The van der Waals surface area contributed by atoms with Gasteiger partial charge in [0.1, 0.15) is 17.2 Å². The number of carbonyl (C=O) groups excluding carboxylic acids is 2. The third-order valence-corrected chi connectivity index (χ3v) is 3.91. The summed E-state index contributed by atoms with van der Waals surface area (Å²) in [5, 5.41) is 0. The van der Waals surface area contributed by atoms with Gasteiger partial charge in [0, 0.05) is 18.1 Å². The molecule has 0 radical (unpaired) electrons. The fourth-order valence-electron chi connectivity index (χ4n) is 2.41. The molecule has 0 atom stereocenters. The van der Waals surface area contributed by atoms with Crippen molar-refractivity contribution in [2.75, 3.05) is 13.2 Å². The van der Waals surface area contributed by atoms with Crippen LogP contribution in [0.5, 0.6) is 17.2 Å². The molecule has 0 spiro atoms. The number of carbonyl (C=O) groups is 2. The predicted molar refractivity (Wildman–Crippen MR) is 104 cm³/mol. The highest BCUT2D eigenvalue weighted by Gasteiger charge is 2.08. The maximum Gasteiger partial charge on any atom is 0.349 e. The van der Waals surface area contributed by atoms with E-state index in [2.05, 4.69) is 6.92 Å². The summed E-state index contributed by atoms with van der Waals surface area (Å²) in [5.41, 5.74) is 0.601. The van der Waals surface area contributed by atoms with Crippen molar-refractivity contribution < 1.29 is 23.8 Å². The minimum atomic E-state index is -0.515. The van der Waals surface area contributed by atoms with E-state index in [9.17, 15) is 9.59 Å². The summed E-state index contributed by atoms with van der Waals surface area (Å²) in [5.74, 6) is 1.17. The zero-order valence-corrected chi connectivity index (χ0v) is 15.9. The van der Waals surface area contributed by atoms with Gasteiger partial charge in [0.05, 0.1) is 6.61 Å². The van der Waals surface area contributed by atoms with Crippen molar-refractivity contribution in [2.45, 2.75) is 39.5 Å². The van der Waals surface area contributed by atoms with Crippen LogP contribution in [0.4, 0.5) is 0 Å². The smallest absolute Gasteiger partial charge is 0.349 e. The molecule has 0 N–H and O–H groups in total. The van der Waals surface area contributed by atoms with Gasteiger partial charge in [-0.1, -0.05) is 32.8 Å². The molecule has 5 heteroatoms. The highest BCUT2D eigenvalue weighted by Crippen LogP contribution is 2.20. The zero-order valence-electron chi connectivity index (χ0n) is 15.9. The second kappa shape index (κ2) is 11.0. The Kier molecular flexibility index (Phi) is 8.36. The number of Topliss-reactive ketones (excluding diaryl/α,β-unsaturated/α-hetero) is 1. The van der Waals surface area contributed by atoms with Crippen LogP contribution in [0.1, 0.15) is 49.9 Å². The quantitative estimate of drug-likeness (QED) is 0.245. The van der Waals surface area contributed by atoms with Crippen LogP contribution < -0.4 is 14.2 Å². The second-order valence-corrected chi connectivity index (χ2v) is 6.09. The van der Waals surface area contributed by atoms with Crippen LogP contribution in [-0.4, -0.2) is 25.0 Å². The minimum absolute atomic E-state index is 0.0491. The maximum absolute atomic E-state index is 11.9. The number of esters is 1. The van der Waals surface area contributed by atoms with Crippen molar-refractivity contribution in [2.24, 2.45) is 0 Å². The number of ether oxygens (including phenoxy) is 3. The van der Waals surface area contributed by atoms with Crippen molar-refractivity contribution in [3.8, 4) is 17.2 Å². The van der Waals surface area contributed by atoms with E-state index in [-0.39, 0.29) is 12.4 Å². The highest BCUT2D eigenvalue weighted by atomic mass is 16.6. The van der Waals surface area contributed by atoms with Gasteiger partial charge in [-0.2, -0.15) is 0 Å². The first-order valence-corrected chi connectivity index (χ1v) is 9.32. The SMILES string of the molecule is CCCCCOc1cccc(OCC(=O)Oc2ccc(C(=O)CC)cc2)c1. The standard InChI is InChI=1S/C22H26O5/c1-3-5-6-14-25-19-8-7-9-20(15-19)26-16-22(24)27-18-12-10-17(11-13-18)21(23)4-2/h7-13,15H,3-6,14,16H2,1-2H3. The van der Waals surface area contributed by atoms with Crippen LogP contribution in [0.25, 0.3) is 0 Å². The molecule has 0 saturated heterocycles. The van der Waals surface area contributed by atoms with E-state index in [1.807, 2.05) is 12.1 Å². The molecule has 27 heavy (non-hydrogen) atoms. The van der Waals surface area contributed by atoms with Gasteiger partial charge in [-0.05, 0) is 42.8 Å². The second-order valence-electron chi connectivity index (χ2n) is 6.09. The summed E-state index contributed by atoms with van der Waals surface area (Å²) < 4.78 is 16.4. The van der Waals surface area contributed by atoms with E-state index < -0.39 is 5.97 Å². The molecule has 0 aromatic heterocycles. The first-order valence-electron chi connectivity index (χ1n) is 9.32. The minimum Gasteiger partial charge on any atom is -0.493 e. The summed E-state index contributed by atoms with van der Waals surface area (Å²) in [6, 6.07) is 13.7. The molecule has 0 amide bonds. The molecule has 2 rings (SSSR count). The van der Waals surface area contributed by atoms with E-state index in [0.717, 1.165) is 19.3 Å². The highest BCUT2D eigenvalue weighted by molar-refractivity contribution is 5.95. The Morgan fingerprint density at radius 2 is 1.56 bits per heavy atom. The van der Waals surface area contributed by atoms with E-state index in [1.165, 1.54) is 0 Å². The summed E-state index contributed by atoms with van der Waals surface area (Å²) in [6.45, 7) is 4.40. The first-order chi connectivity index (χ1) is 13.1. The molecule has 0 aliphatic rings. The Labute approximate surface area is 160 Å². The van der Waals surface area contributed by atoms with Gasteiger partial charge < -0.3 is 14.2 Å². The number of hydrogen-bond donors (Lipinski definition) is 0. The molecule has 2 aromatic rings. The van der Waals surface area contributed by atoms with Crippen LogP contribution >= 0.6 is 0 Å². The molecule has 2 aromatic carbocycles. The molecule has 0 aliphatic carbocycles. The van der Waals surface area contributed by atoms with Crippen LogP contribution in [0.2, 0.25) is 0 Å². The molecule has 0 unspecified atom stereocenters. The zero-order chi connectivity index (χ0) is 19.5. The first kappa shape index (κ1) is 20.5. The lowest BCUT2D eigenvalue weighted by atomic mass is 10.1. The third kappa shape index (κ3) is 7.13. The van der Waals surface area contributed by atoms with E-state index in [1.54, 1.807) is 43.3 Å². The van der Waals surface area contributed by atoms with E-state index in [0.29, 0.717) is 35.8 Å². The summed E-state index contributed by atoms with van der Waals surface area (Å²) in [4.78, 5) is 23.5. The molecule has 144 valence electrons. The van der Waals surface area contributed by atoms with Gasteiger partial charge in [-0.3, -0.25) is 4.79 Å². The lowest BCUT2D eigenvalue weighted by Crippen LogP contribution is -2.17. The van der Waals surface area contributed by atoms with Gasteiger partial charge >= 0.3 is 5.97 Å². The number of ketones is 1.